The minimum Gasteiger partial charge on any atom is -0.343 e. The van der Waals surface area contributed by atoms with Gasteiger partial charge in [-0.3, -0.25) is 9.89 Å². The summed E-state index contributed by atoms with van der Waals surface area (Å²) in [4.78, 5) is 20.2. The number of thiophene rings is 1. The van der Waals surface area contributed by atoms with E-state index in [9.17, 15) is 4.79 Å². The minimum absolute atomic E-state index is 0.0131. The largest absolute Gasteiger partial charge is 0.343 e. The lowest BCUT2D eigenvalue weighted by atomic mass is 9.88. The Labute approximate surface area is 165 Å². The molecule has 3 aromatic heterocycles. The molecule has 1 fully saturated rings. The maximum absolute atomic E-state index is 13.1. The molecule has 1 N–H and O–H groups in total. The standard InChI is InChI=1S/C20H17N5O2S/c26-20(17-9-16(22-23-17)18-7-4-8-28-18)25-10-14(13-5-2-1-3-6-13)15(11-25)19-21-12-27-24-19/h1-9,12,14-15H,10-11H2,(H,22,23)/t14-,15-/m0/s1. The summed E-state index contributed by atoms with van der Waals surface area (Å²) in [5, 5.41) is 13.2. The topological polar surface area (TPSA) is 87.9 Å². The average Bonchev–Trinajstić information content (AvgIpc) is 3.53. The van der Waals surface area contributed by atoms with Gasteiger partial charge < -0.3 is 9.42 Å². The van der Waals surface area contributed by atoms with Crippen LogP contribution in [-0.4, -0.2) is 44.2 Å². The number of hydrogen-bond donors (Lipinski definition) is 1. The number of carbonyl (C=O) groups excluding carboxylic acids is 1. The number of amides is 1. The number of nitrogens with zero attached hydrogens (tertiary/aromatic N) is 4. The summed E-state index contributed by atoms with van der Waals surface area (Å²) in [5.74, 6) is 0.635. The number of benzene rings is 1. The quantitative estimate of drug-likeness (QED) is 0.575. The SMILES string of the molecule is O=C(c1cc(-c2cccs2)[nH]n1)N1C[C@H](c2ncon2)[C@H](c2ccccc2)C1. The predicted molar refractivity (Wildman–Crippen MR) is 104 cm³/mol. The van der Waals surface area contributed by atoms with Crippen molar-refractivity contribution >= 4 is 17.2 Å². The normalized spacial score (nSPS) is 19.2. The van der Waals surface area contributed by atoms with E-state index in [0.29, 0.717) is 24.6 Å². The summed E-state index contributed by atoms with van der Waals surface area (Å²) >= 11 is 1.61. The summed E-state index contributed by atoms with van der Waals surface area (Å²) in [6.07, 6.45) is 1.34. The van der Waals surface area contributed by atoms with Crippen molar-refractivity contribution in [1.82, 2.24) is 25.2 Å². The number of rotatable bonds is 4. The molecule has 0 radical (unpaired) electrons. The second-order valence-corrected chi connectivity index (χ2v) is 7.72. The second kappa shape index (κ2) is 7.05. The molecule has 1 amide bonds. The summed E-state index contributed by atoms with van der Waals surface area (Å²) in [7, 11) is 0. The van der Waals surface area contributed by atoms with Gasteiger partial charge in [0.2, 0.25) is 6.39 Å². The maximum atomic E-state index is 13.1. The average molecular weight is 391 g/mol. The van der Waals surface area contributed by atoms with Crippen LogP contribution in [-0.2, 0) is 0 Å². The molecular weight excluding hydrogens is 374 g/mol. The number of carbonyl (C=O) groups is 1. The van der Waals surface area contributed by atoms with Gasteiger partial charge in [0.05, 0.1) is 10.6 Å². The van der Waals surface area contributed by atoms with Crippen molar-refractivity contribution in [2.45, 2.75) is 11.8 Å². The molecule has 0 unspecified atom stereocenters. The van der Waals surface area contributed by atoms with E-state index in [1.807, 2.05) is 46.7 Å². The number of H-pyrrole nitrogens is 1. The van der Waals surface area contributed by atoms with Gasteiger partial charge in [0.15, 0.2) is 11.5 Å². The minimum atomic E-state index is -0.0917. The zero-order chi connectivity index (χ0) is 18.9. The van der Waals surface area contributed by atoms with Gasteiger partial charge in [-0.25, -0.2) is 0 Å². The fraction of sp³-hybridized carbons (Fsp3) is 0.200. The van der Waals surface area contributed by atoms with Crippen LogP contribution in [0.15, 0.2) is 64.8 Å². The lowest BCUT2D eigenvalue weighted by molar-refractivity contribution is 0.0783. The molecule has 0 bridgehead atoms. The fourth-order valence-electron chi connectivity index (χ4n) is 3.76. The smallest absolute Gasteiger partial charge is 0.274 e. The molecule has 0 aliphatic carbocycles. The zero-order valence-electron chi connectivity index (χ0n) is 14.9. The highest BCUT2D eigenvalue weighted by Crippen LogP contribution is 2.38. The van der Waals surface area contributed by atoms with Gasteiger partial charge in [-0.15, -0.1) is 11.3 Å². The lowest BCUT2D eigenvalue weighted by Crippen LogP contribution is -2.29. The molecule has 8 heteroatoms. The molecule has 0 saturated carbocycles. The first-order valence-electron chi connectivity index (χ1n) is 8.99. The van der Waals surface area contributed by atoms with Crippen molar-refractivity contribution in [3.63, 3.8) is 0 Å². The third-order valence-electron chi connectivity index (χ3n) is 5.13. The van der Waals surface area contributed by atoms with E-state index in [4.69, 9.17) is 4.52 Å². The van der Waals surface area contributed by atoms with Crippen molar-refractivity contribution in [2.75, 3.05) is 13.1 Å². The molecule has 4 aromatic rings. The van der Waals surface area contributed by atoms with Crippen LogP contribution in [0.25, 0.3) is 10.6 Å². The molecule has 1 aliphatic rings. The van der Waals surface area contributed by atoms with Crippen molar-refractivity contribution in [3.8, 4) is 10.6 Å². The van der Waals surface area contributed by atoms with Gasteiger partial charge in [0, 0.05) is 24.9 Å². The zero-order valence-corrected chi connectivity index (χ0v) is 15.7. The molecular formula is C20H17N5O2S. The molecule has 5 rings (SSSR count). The Balaban J connectivity index is 1.42. The Kier molecular flexibility index (Phi) is 4.25. The van der Waals surface area contributed by atoms with E-state index >= 15 is 0 Å². The van der Waals surface area contributed by atoms with E-state index in [-0.39, 0.29) is 17.7 Å². The molecule has 0 spiro atoms. The molecule has 28 heavy (non-hydrogen) atoms. The Morgan fingerprint density at radius 2 is 2.00 bits per heavy atom. The first kappa shape index (κ1) is 16.9. The van der Waals surface area contributed by atoms with Crippen molar-refractivity contribution in [3.05, 3.63) is 77.4 Å². The molecule has 2 atom stereocenters. The highest BCUT2D eigenvalue weighted by atomic mass is 32.1. The van der Waals surface area contributed by atoms with Crippen LogP contribution < -0.4 is 0 Å². The van der Waals surface area contributed by atoms with Crippen LogP contribution in [0.4, 0.5) is 0 Å². The van der Waals surface area contributed by atoms with Gasteiger partial charge >= 0.3 is 0 Å². The third kappa shape index (κ3) is 3.01. The van der Waals surface area contributed by atoms with E-state index in [0.717, 1.165) is 16.1 Å². The first-order chi connectivity index (χ1) is 13.8. The highest BCUT2D eigenvalue weighted by Gasteiger charge is 2.40. The highest BCUT2D eigenvalue weighted by molar-refractivity contribution is 7.13. The predicted octanol–water partition coefficient (Wildman–Crippen LogP) is 3.54. The van der Waals surface area contributed by atoms with Crippen molar-refractivity contribution in [2.24, 2.45) is 0 Å². The van der Waals surface area contributed by atoms with E-state index in [1.54, 1.807) is 11.3 Å². The van der Waals surface area contributed by atoms with E-state index < -0.39 is 0 Å². The Bertz CT molecular complexity index is 1060. The monoisotopic (exact) mass is 391 g/mol. The lowest BCUT2D eigenvalue weighted by Gasteiger charge is -2.15. The van der Waals surface area contributed by atoms with E-state index in [1.165, 1.54) is 6.39 Å². The van der Waals surface area contributed by atoms with Crippen LogP contribution in [0, 0.1) is 0 Å². The van der Waals surface area contributed by atoms with Crippen LogP contribution >= 0.6 is 11.3 Å². The third-order valence-corrected chi connectivity index (χ3v) is 6.03. The van der Waals surface area contributed by atoms with Crippen molar-refractivity contribution in [1.29, 1.82) is 0 Å². The number of nitrogens with one attached hydrogen (secondary N) is 1. The van der Waals surface area contributed by atoms with Crippen molar-refractivity contribution < 1.29 is 9.32 Å². The molecule has 4 heterocycles. The summed E-state index contributed by atoms with van der Waals surface area (Å²) in [6, 6.07) is 15.9. The second-order valence-electron chi connectivity index (χ2n) is 6.77. The molecule has 140 valence electrons. The van der Waals surface area contributed by atoms with Gasteiger partial charge in [0.25, 0.3) is 5.91 Å². The number of likely N-dealkylation sites (tertiary alicyclic amines) is 1. The number of hydrogen-bond acceptors (Lipinski definition) is 6. The summed E-state index contributed by atoms with van der Waals surface area (Å²) in [5.41, 5.74) is 2.43. The molecule has 1 aliphatic heterocycles. The van der Waals surface area contributed by atoms with Gasteiger partial charge in [-0.1, -0.05) is 41.6 Å². The summed E-state index contributed by atoms with van der Waals surface area (Å²) in [6.45, 7) is 1.11. The Morgan fingerprint density at radius 1 is 1.14 bits per heavy atom. The van der Waals surface area contributed by atoms with Gasteiger partial charge in [-0.05, 0) is 23.1 Å². The van der Waals surface area contributed by atoms with E-state index in [2.05, 4.69) is 32.5 Å². The Morgan fingerprint density at radius 3 is 2.75 bits per heavy atom. The molecule has 1 aromatic carbocycles. The van der Waals surface area contributed by atoms with Gasteiger partial charge in [-0.2, -0.15) is 10.1 Å². The van der Waals surface area contributed by atoms with Crippen LogP contribution in [0.2, 0.25) is 0 Å². The maximum Gasteiger partial charge on any atom is 0.274 e. The first-order valence-corrected chi connectivity index (χ1v) is 9.87. The fourth-order valence-corrected chi connectivity index (χ4v) is 4.46. The van der Waals surface area contributed by atoms with Gasteiger partial charge in [0.1, 0.15) is 0 Å². The summed E-state index contributed by atoms with van der Waals surface area (Å²) < 4.78 is 4.96. The van der Waals surface area contributed by atoms with Crippen LogP contribution in [0.3, 0.4) is 0 Å². The number of aromatic amines is 1. The molecule has 7 nitrogen and oxygen atoms in total. The Hall–Kier alpha value is -3.26. The molecule has 1 saturated heterocycles. The number of aromatic nitrogens is 4. The van der Waals surface area contributed by atoms with Crippen LogP contribution in [0.5, 0.6) is 0 Å². The van der Waals surface area contributed by atoms with Crippen LogP contribution in [0.1, 0.15) is 33.7 Å².